The summed E-state index contributed by atoms with van der Waals surface area (Å²) in [5, 5.41) is 17.2. The van der Waals surface area contributed by atoms with Gasteiger partial charge in [-0.05, 0) is 61.6 Å². The van der Waals surface area contributed by atoms with Gasteiger partial charge in [-0.25, -0.2) is 9.97 Å². The molecule has 2 aromatic heterocycles. The lowest BCUT2D eigenvalue weighted by molar-refractivity contribution is -0.132. The van der Waals surface area contributed by atoms with Crippen molar-refractivity contribution in [1.82, 2.24) is 25.1 Å². The van der Waals surface area contributed by atoms with Crippen LogP contribution < -0.4 is 15.4 Å². The van der Waals surface area contributed by atoms with Gasteiger partial charge < -0.3 is 29.8 Å². The number of ether oxygens (including phenoxy) is 1. The number of aryl methyl sites for hydroxylation is 1. The number of likely N-dealkylation sites (tertiary alicyclic amines) is 1. The summed E-state index contributed by atoms with van der Waals surface area (Å²) < 4.78 is 11.3. The molecule has 3 aromatic rings. The molecule has 3 N–H and O–H groups in total. The highest BCUT2D eigenvalue weighted by Gasteiger charge is 2.29. The van der Waals surface area contributed by atoms with Crippen molar-refractivity contribution in [3.05, 3.63) is 70.6 Å². The van der Waals surface area contributed by atoms with E-state index < -0.39 is 6.10 Å². The van der Waals surface area contributed by atoms with Crippen molar-refractivity contribution in [1.29, 1.82) is 0 Å². The third-order valence-corrected chi connectivity index (χ3v) is 9.26. The van der Waals surface area contributed by atoms with Gasteiger partial charge in [-0.2, -0.15) is 0 Å². The maximum atomic E-state index is 13.3. The summed E-state index contributed by atoms with van der Waals surface area (Å²) in [4.78, 5) is 37.9. The molecule has 4 heterocycles. The Balaban J connectivity index is 1.02. The maximum Gasteiger partial charge on any atom is 0.251 e. The van der Waals surface area contributed by atoms with Gasteiger partial charge in [-0.15, -0.1) is 0 Å². The molecule has 0 spiro atoms. The molecular weight excluding hydrogens is 572 g/mol. The summed E-state index contributed by atoms with van der Waals surface area (Å²) in [6, 6.07) is 9.96. The van der Waals surface area contributed by atoms with Gasteiger partial charge >= 0.3 is 0 Å². The van der Waals surface area contributed by atoms with Crippen LogP contribution in [0, 0.1) is 6.92 Å². The molecule has 11 nitrogen and oxygen atoms in total. The molecule has 0 unspecified atom stereocenters. The molecule has 11 heteroatoms. The number of β-amino-alcohol motifs (C(OH)–C–C–N with tert-alkyl or cyclic N) is 1. The number of anilines is 1. The number of amides is 2. The number of carbonyl (C=O) groups is 2. The molecule has 1 aliphatic carbocycles. The van der Waals surface area contributed by atoms with Gasteiger partial charge in [0.15, 0.2) is 12.2 Å². The molecule has 0 bridgehead atoms. The number of hydrogen-bond acceptors (Lipinski definition) is 9. The van der Waals surface area contributed by atoms with Crippen molar-refractivity contribution in [2.45, 2.75) is 83.6 Å². The fourth-order valence-electron chi connectivity index (χ4n) is 6.52. The molecule has 2 fully saturated rings. The zero-order valence-corrected chi connectivity index (χ0v) is 26.3. The molecule has 2 amide bonds. The van der Waals surface area contributed by atoms with E-state index in [1.54, 1.807) is 17.9 Å². The number of pyridine rings is 1. The van der Waals surface area contributed by atoms with E-state index in [1.165, 1.54) is 36.8 Å². The lowest BCUT2D eigenvalue weighted by Gasteiger charge is -2.39. The molecule has 240 valence electrons. The Hall–Kier alpha value is -3.96. The number of rotatable bonds is 11. The van der Waals surface area contributed by atoms with E-state index in [0.29, 0.717) is 43.5 Å². The second-order valence-corrected chi connectivity index (χ2v) is 12.7. The maximum absolute atomic E-state index is 13.3. The van der Waals surface area contributed by atoms with Gasteiger partial charge in [0.25, 0.3) is 5.91 Å². The van der Waals surface area contributed by atoms with Gasteiger partial charge in [-0.1, -0.05) is 25.3 Å². The molecule has 1 saturated carbocycles. The van der Waals surface area contributed by atoms with Crippen LogP contribution in [0.15, 0.2) is 41.1 Å². The summed E-state index contributed by atoms with van der Waals surface area (Å²) in [6.07, 6.45) is 7.33. The lowest BCUT2D eigenvalue weighted by Crippen LogP contribution is -2.56. The molecule has 2 aliphatic heterocycles. The van der Waals surface area contributed by atoms with Gasteiger partial charge in [0.2, 0.25) is 5.91 Å². The van der Waals surface area contributed by atoms with Crippen LogP contribution in [0.3, 0.4) is 0 Å². The van der Waals surface area contributed by atoms with Crippen molar-refractivity contribution < 1.29 is 23.8 Å². The normalized spacial score (nSPS) is 18.2. The van der Waals surface area contributed by atoms with Gasteiger partial charge in [-0.3, -0.25) is 14.5 Å². The van der Waals surface area contributed by atoms with Crippen LogP contribution in [0.2, 0.25) is 0 Å². The van der Waals surface area contributed by atoms with Crippen LogP contribution in [-0.2, 0) is 24.4 Å². The standard InChI is InChI=1S/C34H44N6O5/c1-22-32(45-21-36-22)20-44-30-9-8-26-16-39(11-10-25(26)12-30)19-29(42)15-35-34(43)27-13-31(24-6-4-3-5-7-24)38-33(14-27)37-28-17-40(18-28)23(2)41/h8-9,12-14,21,24,28-29,42H,3-7,10-11,15-20H2,1-2H3,(H,35,43)(H,37,38)/t29-/m0/s1. The summed E-state index contributed by atoms with van der Waals surface area (Å²) in [7, 11) is 0. The van der Waals surface area contributed by atoms with Crippen LogP contribution >= 0.6 is 0 Å². The quantitative estimate of drug-likeness (QED) is 0.294. The topological polar surface area (TPSA) is 133 Å². The number of nitrogens with zero attached hydrogens (tertiary/aromatic N) is 4. The highest BCUT2D eigenvalue weighted by molar-refractivity contribution is 5.95. The Bertz CT molecular complexity index is 1500. The average molecular weight is 617 g/mol. The number of aliphatic hydroxyl groups is 1. The second kappa shape index (κ2) is 14.0. The fourth-order valence-corrected chi connectivity index (χ4v) is 6.52. The second-order valence-electron chi connectivity index (χ2n) is 12.7. The summed E-state index contributed by atoms with van der Waals surface area (Å²) >= 11 is 0. The first-order chi connectivity index (χ1) is 21.8. The summed E-state index contributed by atoms with van der Waals surface area (Å²) in [5.41, 5.74) is 4.78. The first kappa shape index (κ1) is 31.0. The van der Waals surface area contributed by atoms with Gasteiger partial charge in [0.05, 0.1) is 17.8 Å². The number of aromatic nitrogens is 2. The van der Waals surface area contributed by atoms with E-state index in [0.717, 1.165) is 55.2 Å². The zero-order valence-electron chi connectivity index (χ0n) is 26.3. The van der Waals surface area contributed by atoms with E-state index in [1.807, 2.05) is 19.1 Å². The van der Waals surface area contributed by atoms with Gasteiger partial charge in [0, 0.05) is 63.4 Å². The SMILES string of the molecule is CC(=O)N1CC(Nc2cc(C(=O)NC[C@H](O)CN3CCc4cc(OCc5ocnc5C)ccc4C3)cc(C3CCCCC3)n2)C1. The summed E-state index contributed by atoms with van der Waals surface area (Å²) in [5.74, 6) is 2.39. The molecular formula is C34H44N6O5. The van der Waals surface area contributed by atoms with Crippen molar-refractivity contribution in [3.8, 4) is 5.75 Å². The Morgan fingerprint density at radius 2 is 1.96 bits per heavy atom. The predicted molar refractivity (Wildman–Crippen MR) is 169 cm³/mol. The Morgan fingerprint density at radius 1 is 1.13 bits per heavy atom. The number of hydrogen-bond donors (Lipinski definition) is 3. The number of nitrogens with one attached hydrogen (secondary N) is 2. The van der Waals surface area contributed by atoms with Crippen LogP contribution in [0.4, 0.5) is 5.82 Å². The fraction of sp³-hybridized carbons (Fsp3) is 0.529. The highest BCUT2D eigenvalue weighted by atomic mass is 16.5. The lowest BCUT2D eigenvalue weighted by atomic mass is 9.86. The van der Waals surface area contributed by atoms with E-state index in [4.69, 9.17) is 14.1 Å². The molecule has 1 saturated heterocycles. The number of fused-ring (bicyclic) bond motifs is 1. The van der Waals surface area contributed by atoms with Crippen LogP contribution in [-0.4, -0.2) is 81.6 Å². The first-order valence-corrected chi connectivity index (χ1v) is 16.2. The summed E-state index contributed by atoms with van der Waals surface area (Å²) in [6.45, 7) is 7.26. The highest BCUT2D eigenvalue weighted by Crippen LogP contribution is 2.33. The van der Waals surface area contributed by atoms with Gasteiger partial charge in [0.1, 0.15) is 18.2 Å². The predicted octanol–water partition coefficient (Wildman–Crippen LogP) is 3.80. The Morgan fingerprint density at radius 3 is 2.71 bits per heavy atom. The van der Waals surface area contributed by atoms with E-state index in [2.05, 4.69) is 32.7 Å². The van der Waals surface area contributed by atoms with Crippen LogP contribution in [0.1, 0.15) is 83.6 Å². The van der Waals surface area contributed by atoms with Crippen LogP contribution in [0.25, 0.3) is 0 Å². The zero-order chi connectivity index (χ0) is 31.3. The minimum atomic E-state index is -0.701. The van der Waals surface area contributed by atoms with E-state index >= 15 is 0 Å². The van der Waals surface area contributed by atoms with Crippen molar-refractivity contribution in [2.24, 2.45) is 0 Å². The van der Waals surface area contributed by atoms with Crippen molar-refractivity contribution >= 4 is 17.6 Å². The third kappa shape index (κ3) is 7.83. The minimum absolute atomic E-state index is 0.0679. The smallest absolute Gasteiger partial charge is 0.251 e. The molecule has 0 radical (unpaired) electrons. The molecule has 1 aromatic carbocycles. The molecule has 1 atom stereocenters. The van der Waals surface area contributed by atoms with Crippen molar-refractivity contribution in [2.75, 3.05) is 38.0 Å². The largest absolute Gasteiger partial charge is 0.486 e. The van der Waals surface area contributed by atoms with Crippen LogP contribution in [0.5, 0.6) is 5.75 Å². The third-order valence-electron chi connectivity index (χ3n) is 9.26. The number of aliphatic hydroxyl groups excluding tert-OH is 1. The molecule has 6 rings (SSSR count). The number of benzene rings is 1. The first-order valence-electron chi connectivity index (χ1n) is 16.2. The minimum Gasteiger partial charge on any atom is -0.486 e. The number of oxazole rings is 1. The Labute approximate surface area is 264 Å². The van der Waals surface area contributed by atoms with E-state index in [9.17, 15) is 14.7 Å². The van der Waals surface area contributed by atoms with E-state index in [-0.39, 0.29) is 24.4 Å². The molecule has 45 heavy (non-hydrogen) atoms. The monoisotopic (exact) mass is 616 g/mol. The van der Waals surface area contributed by atoms with Crippen molar-refractivity contribution in [3.63, 3.8) is 0 Å². The number of carbonyl (C=O) groups excluding carboxylic acids is 2. The molecule has 3 aliphatic rings. The average Bonchev–Trinajstić information content (AvgIpc) is 3.44. The Kier molecular flexibility index (Phi) is 9.65.